The number of carbonyl (C=O) groups excluding carboxylic acids is 2. The number of amides is 2. The normalized spacial score (nSPS) is 16.6. The summed E-state index contributed by atoms with van der Waals surface area (Å²) in [7, 11) is 0. The molecule has 3 N–H and O–H groups in total. The van der Waals surface area contributed by atoms with Gasteiger partial charge in [-0.05, 0) is 42.2 Å². The Balaban J connectivity index is 1.62. The van der Waals surface area contributed by atoms with E-state index in [1.165, 1.54) is 0 Å². The Morgan fingerprint density at radius 2 is 1.72 bits per heavy atom. The first-order chi connectivity index (χ1) is 14.1. The molecule has 1 atom stereocenters. The average Bonchev–Trinajstić information content (AvgIpc) is 3.15. The van der Waals surface area contributed by atoms with Crippen molar-refractivity contribution in [3.05, 3.63) is 70.8 Å². The molecule has 6 heteroatoms. The van der Waals surface area contributed by atoms with Crippen LogP contribution in [0, 0.1) is 0 Å². The minimum Gasteiger partial charge on any atom is -0.392 e. The molecular formula is C23H29N3O3. The van der Waals surface area contributed by atoms with E-state index < -0.39 is 0 Å². The summed E-state index contributed by atoms with van der Waals surface area (Å²) in [5.74, 6) is -0.374. The van der Waals surface area contributed by atoms with Crippen LogP contribution in [0.4, 0.5) is 0 Å². The maximum atomic E-state index is 12.6. The molecule has 0 aromatic heterocycles. The molecule has 1 aliphatic heterocycles. The molecular weight excluding hydrogens is 366 g/mol. The van der Waals surface area contributed by atoms with Crippen molar-refractivity contribution in [2.75, 3.05) is 19.6 Å². The van der Waals surface area contributed by atoms with Crippen LogP contribution in [-0.4, -0.2) is 47.6 Å². The van der Waals surface area contributed by atoms with Crippen LogP contribution in [0.1, 0.15) is 51.6 Å². The summed E-state index contributed by atoms with van der Waals surface area (Å²) in [6, 6.07) is 14.8. The highest BCUT2D eigenvalue weighted by atomic mass is 16.3. The highest BCUT2D eigenvalue weighted by molar-refractivity contribution is 5.99. The van der Waals surface area contributed by atoms with E-state index in [1.807, 2.05) is 25.1 Å². The lowest BCUT2D eigenvalue weighted by Crippen LogP contribution is -2.27. The van der Waals surface area contributed by atoms with E-state index in [-0.39, 0.29) is 17.9 Å². The summed E-state index contributed by atoms with van der Waals surface area (Å²) in [4.78, 5) is 27.0. The lowest BCUT2D eigenvalue weighted by Gasteiger charge is -2.18. The second-order valence-electron chi connectivity index (χ2n) is 7.47. The van der Waals surface area contributed by atoms with E-state index in [0.717, 1.165) is 37.1 Å². The number of β-amino-alcohol motifs (C(OH)–C–C–N with tert-alkyl or cyclic N) is 1. The van der Waals surface area contributed by atoms with Gasteiger partial charge in [0, 0.05) is 43.9 Å². The van der Waals surface area contributed by atoms with Gasteiger partial charge in [0.05, 0.1) is 6.10 Å². The molecule has 0 aliphatic carbocycles. The fraction of sp³-hybridized carbons (Fsp3) is 0.391. The van der Waals surface area contributed by atoms with E-state index in [4.69, 9.17) is 0 Å². The molecule has 1 saturated heterocycles. The number of aliphatic hydroxyl groups is 1. The monoisotopic (exact) mass is 395 g/mol. The topological polar surface area (TPSA) is 81.7 Å². The van der Waals surface area contributed by atoms with Gasteiger partial charge in [-0.25, -0.2) is 0 Å². The number of hydrogen-bond acceptors (Lipinski definition) is 4. The highest BCUT2D eigenvalue weighted by Crippen LogP contribution is 2.17. The molecule has 6 nitrogen and oxygen atoms in total. The molecule has 0 saturated carbocycles. The van der Waals surface area contributed by atoms with Crippen LogP contribution < -0.4 is 10.6 Å². The van der Waals surface area contributed by atoms with Gasteiger partial charge < -0.3 is 15.7 Å². The summed E-state index contributed by atoms with van der Waals surface area (Å²) < 4.78 is 0. The Kier molecular flexibility index (Phi) is 7.38. The predicted octanol–water partition coefficient (Wildman–Crippen LogP) is 2.32. The molecule has 3 rings (SSSR count). The van der Waals surface area contributed by atoms with Crippen LogP contribution in [0.3, 0.4) is 0 Å². The first-order valence-corrected chi connectivity index (χ1v) is 10.2. The third kappa shape index (κ3) is 5.89. The molecule has 1 heterocycles. The van der Waals surface area contributed by atoms with Crippen LogP contribution in [0.25, 0.3) is 0 Å². The number of rotatable bonds is 8. The van der Waals surface area contributed by atoms with E-state index in [0.29, 0.717) is 30.8 Å². The van der Waals surface area contributed by atoms with Crippen LogP contribution >= 0.6 is 0 Å². The summed E-state index contributed by atoms with van der Waals surface area (Å²) in [6.07, 6.45) is 1.42. The second-order valence-corrected chi connectivity index (χ2v) is 7.47. The lowest BCUT2D eigenvalue weighted by molar-refractivity contribution is 0.0950. The minimum absolute atomic E-state index is 0.167. The Morgan fingerprint density at radius 3 is 2.38 bits per heavy atom. The molecule has 0 radical (unpaired) electrons. The molecule has 0 spiro atoms. The third-order valence-electron chi connectivity index (χ3n) is 5.12. The maximum absolute atomic E-state index is 12.6. The zero-order valence-electron chi connectivity index (χ0n) is 16.9. The van der Waals surface area contributed by atoms with Crippen LogP contribution in [0.5, 0.6) is 0 Å². The highest BCUT2D eigenvalue weighted by Gasteiger charge is 2.20. The third-order valence-corrected chi connectivity index (χ3v) is 5.12. The van der Waals surface area contributed by atoms with Gasteiger partial charge in [-0.3, -0.25) is 14.5 Å². The standard InChI is InChI=1S/C23H29N3O3/c1-2-11-24-22(28)17-8-5-9-18(13-17)23(29)25-14-19-6-3-4-7-20(19)15-26-12-10-21(27)16-26/h3-9,13,21,27H,2,10-12,14-16H2,1H3,(H,24,28)(H,25,29)/t21-/m0/s1. The quantitative estimate of drug-likeness (QED) is 0.641. The number of benzene rings is 2. The van der Waals surface area contributed by atoms with Crippen molar-refractivity contribution in [3.63, 3.8) is 0 Å². The zero-order chi connectivity index (χ0) is 20.6. The van der Waals surface area contributed by atoms with Crippen molar-refractivity contribution in [2.45, 2.75) is 39.0 Å². The second kappa shape index (κ2) is 10.2. The molecule has 1 fully saturated rings. The fourth-order valence-electron chi connectivity index (χ4n) is 3.50. The SMILES string of the molecule is CCCNC(=O)c1cccc(C(=O)NCc2ccccc2CN2CC[C@H](O)C2)c1. The number of likely N-dealkylation sites (tertiary alicyclic amines) is 1. The van der Waals surface area contributed by atoms with Gasteiger partial charge in [-0.15, -0.1) is 0 Å². The Labute approximate surface area is 171 Å². The van der Waals surface area contributed by atoms with Crippen LogP contribution in [0.15, 0.2) is 48.5 Å². The number of aliphatic hydroxyl groups excluding tert-OH is 1. The zero-order valence-corrected chi connectivity index (χ0v) is 16.9. The smallest absolute Gasteiger partial charge is 0.251 e. The van der Waals surface area contributed by atoms with Gasteiger partial charge in [0.1, 0.15) is 0 Å². The Hall–Kier alpha value is -2.70. The Morgan fingerprint density at radius 1 is 1.03 bits per heavy atom. The molecule has 0 bridgehead atoms. The van der Waals surface area contributed by atoms with E-state index in [2.05, 4.69) is 21.6 Å². The maximum Gasteiger partial charge on any atom is 0.251 e. The van der Waals surface area contributed by atoms with Gasteiger partial charge >= 0.3 is 0 Å². The van der Waals surface area contributed by atoms with Gasteiger partial charge in [0.2, 0.25) is 0 Å². The van der Waals surface area contributed by atoms with Crippen LogP contribution in [0.2, 0.25) is 0 Å². The fourth-order valence-corrected chi connectivity index (χ4v) is 3.50. The van der Waals surface area contributed by atoms with Crippen molar-refractivity contribution >= 4 is 11.8 Å². The van der Waals surface area contributed by atoms with Gasteiger partial charge in [0.15, 0.2) is 0 Å². The number of carbonyl (C=O) groups is 2. The Bertz CT molecular complexity index is 853. The molecule has 2 aromatic rings. The van der Waals surface area contributed by atoms with E-state index in [9.17, 15) is 14.7 Å². The van der Waals surface area contributed by atoms with Crippen molar-refractivity contribution < 1.29 is 14.7 Å². The summed E-state index contributed by atoms with van der Waals surface area (Å²) >= 11 is 0. The molecule has 2 aromatic carbocycles. The molecule has 154 valence electrons. The number of hydrogen-bond donors (Lipinski definition) is 3. The molecule has 29 heavy (non-hydrogen) atoms. The van der Waals surface area contributed by atoms with Crippen molar-refractivity contribution in [3.8, 4) is 0 Å². The number of nitrogens with zero attached hydrogens (tertiary/aromatic N) is 1. The van der Waals surface area contributed by atoms with Crippen molar-refractivity contribution in [2.24, 2.45) is 0 Å². The molecule has 2 amide bonds. The van der Waals surface area contributed by atoms with Crippen molar-refractivity contribution in [1.29, 1.82) is 0 Å². The molecule has 0 unspecified atom stereocenters. The summed E-state index contributed by atoms with van der Waals surface area (Å²) in [5.41, 5.74) is 3.15. The lowest BCUT2D eigenvalue weighted by atomic mass is 10.1. The van der Waals surface area contributed by atoms with Gasteiger partial charge in [-0.2, -0.15) is 0 Å². The number of nitrogens with one attached hydrogen (secondary N) is 2. The van der Waals surface area contributed by atoms with Gasteiger partial charge in [0.25, 0.3) is 11.8 Å². The first kappa shape index (κ1) is 21.0. The molecule has 1 aliphatic rings. The van der Waals surface area contributed by atoms with E-state index >= 15 is 0 Å². The summed E-state index contributed by atoms with van der Waals surface area (Å²) in [5, 5.41) is 15.5. The predicted molar refractivity (Wildman–Crippen MR) is 113 cm³/mol. The summed E-state index contributed by atoms with van der Waals surface area (Å²) in [6.45, 7) is 5.35. The first-order valence-electron chi connectivity index (χ1n) is 10.2. The van der Waals surface area contributed by atoms with Gasteiger partial charge in [-0.1, -0.05) is 37.3 Å². The van der Waals surface area contributed by atoms with Crippen LogP contribution in [-0.2, 0) is 13.1 Å². The largest absolute Gasteiger partial charge is 0.392 e. The average molecular weight is 396 g/mol. The van der Waals surface area contributed by atoms with E-state index in [1.54, 1.807) is 24.3 Å². The minimum atomic E-state index is -0.247. The van der Waals surface area contributed by atoms with Crippen molar-refractivity contribution in [1.82, 2.24) is 15.5 Å².